The summed E-state index contributed by atoms with van der Waals surface area (Å²) in [6, 6.07) is 2.00. The Morgan fingerprint density at radius 2 is 2.20 bits per heavy atom. The Bertz CT molecular complexity index is 749. The highest BCUT2D eigenvalue weighted by molar-refractivity contribution is 5.80. The van der Waals surface area contributed by atoms with Gasteiger partial charge < -0.3 is 0 Å². The minimum atomic E-state index is -0.305. The van der Waals surface area contributed by atoms with Crippen LogP contribution in [0.2, 0.25) is 0 Å². The first-order chi connectivity index (χ1) is 9.60. The monoisotopic (exact) mass is 271 g/mol. The van der Waals surface area contributed by atoms with Gasteiger partial charge in [-0.2, -0.15) is 10.4 Å². The maximum absolute atomic E-state index is 13.7. The Morgan fingerprint density at radius 3 is 2.80 bits per heavy atom. The van der Waals surface area contributed by atoms with Crippen molar-refractivity contribution in [3.63, 3.8) is 0 Å². The SMILES string of the molecule is CC=C(F)C(=CC)Cn1nc(C#N)c2cnc(C)nc21. The lowest BCUT2D eigenvalue weighted by Gasteiger charge is -2.05. The van der Waals surface area contributed by atoms with E-state index in [-0.39, 0.29) is 18.1 Å². The molecule has 5 nitrogen and oxygen atoms in total. The van der Waals surface area contributed by atoms with E-state index in [9.17, 15) is 4.39 Å². The van der Waals surface area contributed by atoms with Crippen LogP contribution in [0.5, 0.6) is 0 Å². The fourth-order valence-corrected chi connectivity index (χ4v) is 1.89. The molecule has 0 aliphatic rings. The minimum Gasteiger partial charge on any atom is -0.241 e. The lowest BCUT2D eigenvalue weighted by molar-refractivity contribution is 0.604. The number of allylic oxidation sites excluding steroid dienone is 4. The molecule has 0 radical (unpaired) electrons. The largest absolute Gasteiger partial charge is 0.241 e. The van der Waals surface area contributed by atoms with E-state index in [1.165, 1.54) is 10.8 Å². The highest BCUT2D eigenvalue weighted by Crippen LogP contribution is 2.19. The summed E-state index contributed by atoms with van der Waals surface area (Å²) in [5.74, 6) is 0.275. The molecule has 2 aromatic heterocycles. The van der Waals surface area contributed by atoms with Crippen molar-refractivity contribution in [1.82, 2.24) is 19.7 Å². The maximum atomic E-state index is 13.7. The highest BCUT2D eigenvalue weighted by atomic mass is 19.1. The standard InChI is InChI=1S/C14H14FN5/c1-4-10(12(15)5-2)8-20-14-11(13(6-16)19-20)7-17-9(3)18-14/h4-5,7H,8H2,1-3H3. The van der Waals surface area contributed by atoms with Crippen LogP contribution in [0.3, 0.4) is 0 Å². The maximum Gasteiger partial charge on any atom is 0.173 e. The molecule has 0 spiro atoms. The third kappa shape index (κ3) is 2.43. The number of hydrogen-bond acceptors (Lipinski definition) is 4. The molecule has 102 valence electrons. The summed E-state index contributed by atoms with van der Waals surface area (Å²) < 4.78 is 15.2. The first-order valence-electron chi connectivity index (χ1n) is 6.18. The van der Waals surface area contributed by atoms with Crippen molar-refractivity contribution in [3.8, 4) is 6.07 Å². The number of hydrogen-bond donors (Lipinski definition) is 0. The molecule has 20 heavy (non-hydrogen) atoms. The molecule has 0 saturated heterocycles. The molecular weight excluding hydrogens is 257 g/mol. The smallest absolute Gasteiger partial charge is 0.173 e. The molecule has 0 amide bonds. The minimum absolute atomic E-state index is 0.224. The van der Waals surface area contributed by atoms with Crippen LogP contribution in [0.4, 0.5) is 4.39 Å². The van der Waals surface area contributed by atoms with Crippen LogP contribution in [0.1, 0.15) is 25.4 Å². The predicted molar refractivity (Wildman–Crippen MR) is 73.4 cm³/mol. The molecule has 0 bridgehead atoms. The first kappa shape index (κ1) is 13.9. The fourth-order valence-electron chi connectivity index (χ4n) is 1.89. The molecule has 0 fully saturated rings. The predicted octanol–water partition coefficient (Wildman–Crippen LogP) is 2.83. The van der Waals surface area contributed by atoms with Crippen LogP contribution < -0.4 is 0 Å². The van der Waals surface area contributed by atoms with Gasteiger partial charge in [-0.15, -0.1) is 0 Å². The highest BCUT2D eigenvalue weighted by Gasteiger charge is 2.14. The van der Waals surface area contributed by atoms with Crippen molar-refractivity contribution in [2.45, 2.75) is 27.3 Å². The first-order valence-corrected chi connectivity index (χ1v) is 6.18. The second kappa shape index (κ2) is 5.61. The third-order valence-electron chi connectivity index (χ3n) is 2.94. The summed E-state index contributed by atoms with van der Waals surface area (Å²) in [5, 5.41) is 13.8. The molecule has 0 unspecified atom stereocenters. The van der Waals surface area contributed by atoms with Crippen molar-refractivity contribution in [1.29, 1.82) is 5.26 Å². The number of nitrogens with zero attached hydrogens (tertiary/aromatic N) is 5. The Balaban J connectivity index is 2.55. The van der Waals surface area contributed by atoms with Gasteiger partial charge in [0.25, 0.3) is 0 Å². The molecule has 0 aromatic carbocycles. The lowest BCUT2D eigenvalue weighted by Crippen LogP contribution is -2.05. The third-order valence-corrected chi connectivity index (χ3v) is 2.94. The summed E-state index contributed by atoms with van der Waals surface area (Å²) in [4.78, 5) is 8.35. The molecule has 0 aliphatic heterocycles. The summed E-state index contributed by atoms with van der Waals surface area (Å²) >= 11 is 0. The Morgan fingerprint density at radius 1 is 1.45 bits per heavy atom. The normalized spacial score (nSPS) is 12.8. The average molecular weight is 271 g/mol. The lowest BCUT2D eigenvalue weighted by atomic mass is 10.2. The summed E-state index contributed by atoms with van der Waals surface area (Å²) in [6.07, 6.45) is 4.65. The molecule has 0 atom stereocenters. The fraction of sp³-hybridized carbons (Fsp3) is 0.286. The zero-order chi connectivity index (χ0) is 14.7. The van der Waals surface area contributed by atoms with E-state index < -0.39 is 0 Å². The van der Waals surface area contributed by atoms with Crippen molar-refractivity contribution in [3.05, 3.63) is 41.3 Å². The second-order valence-corrected chi connectivity index (χ2v) is 4.22. The van der Waals surface area contributed by atoms with Crippen LogP contribution in [0.15, 0.2) is 29.7 Å². The van der Waals surface area contributed by atoms with E-state index in [2.05, 4.69) is 15.1 Å². The number of aromatic nitrogens is 4. The van der Waals surface area contributed by atoms with Gasteiger partial charge in [0.05, 0.1) is 11.9 Å². The van der Waals surface area contributed by atoms with Gasteiger partial charge in [0.15, 0.2) is 11.3 Å². The average Bonchev–Trinajstić information content (AvgIpc) is 2.81. The van der Waals surface area contributed by atoms with Gasteiger partial charge in [0.1, 0.15) is 17.7 Å². The van der Waals surface area contributed by atoms with Crippen LogP contribution in [-0.2, 0) is 6.54 Å². The number of halogens is 1. The van der Waals surface area contributed by atoms with Crippen molar-refractivity contribution >= 4 is 11.0 Å². The van der Waals surface area contributed by atoms with Crippen molar-refractivity contribution in [2.24, 2.45) is 0 Å². The topological polar surface area (TPSA) is 67.4 Å². The van der Waals surface area contributed by atoms with E-state index in [1.54, 1.807) is 33.0 Å². The number of nitriles is 1. The summed E-state index contributed by atoms with van der Waals surface area (Å²) in [7, 11) is 0. The Labute approximate surface area is 116 Å². The number of fused-ring (bicyclic) bond motifs is 1. The van der Waals surface area contributed by atoms with Gasteiger partial charge in [0, 0.05) is 11.8 Å². The molecule has 2 aromatic rings. The van der Waals surface area contributed by atoms with Crippen LogP contribution in [-0.4, -0.2) is 19.7 Å². The van der Waals surface area contributed by atoms with Gasteiger partial charge >= 0.3 is 0 Å². The molecule has 2 heterocycles. The van der Waals surface area contributed by atoms with E-state index in [0.29, 0.717) is 22.4 Å². The number of rotatable bonds is 3. The quantitative estimate of drug-likeness (QED) is 0.805. The van der Waals surface area contributed by atoms with Gasteiger partial charge in [-0.1, -0.05) is 12.2 Å². The molecule has 0 saturated carbocycles. The van der Waals surface area contributed by atoms with Crippen LogP contribution in [0, 0.1) is 18.3 Å². The summed E-state index contributed by atoms with van der Waals surface area (Å²) in [6.45, 7) is 5.37. The van der Waals surface area contributed by atoms with E-state index in [0.717, 1.165) is 0 Å². The molecule has 6 heteroatoms. The summed E-state index contributed by atoms with van der Waals surface area (Å²) in [5.41, 5.74) is 1.28. The molecule has 0 aliphatic carbocycles. The van der Waals surface area contributed by atoms with Gasteiger partial charge in [0.2, 0.25) is 0 Å². The number of aryl methyl sites for hydroxylation is 1. The van der Waals surface area contributed by atoms with Gasteiger partial charge in [-0.25, -0.2) is 19.0 Å². The van der Waals surface area contributed by atoms with E-state index in [1.807, 2.05) is 6.07 Å². The van der Waals surface area contributed by atoms with Gasteiger partial charge in [-0.05, 0) is 20.8 Å². The van der Waals surface area contributed by atoms with Crippen molar-refractivity contribution in [2.75, 3.05) is 0 Å². The second-order valence-electron chi connectivity index (χ2n) is 4.22. The van der Waals surface area contributed by atoms with Gasteiger partial charge in [-0.3, -0.25) is 0 Å². The van der Waals surface area contributed by atoms with Crippen LogP contribution >= 0.6 is 0 Å². The van der Waals surface area contributed by atoms with Crippen LogP contribution in [0.25, 0.3) is 11.0 Å². The Kier molecular flexibility index (Phi) is 3.89. The van der Waals surface area contributed by atoms with E-state index >= 15 is 0 Å². The zero-order valence-corrected chi connectivity index (χ0v) is 11.6. The molecule has 2 rings (SSSR count). The zero-order valence-electron chi connectivity index (χ0n) is 11.6. The van der Waals surface area contributed by atoms with Crippen molar-refractivity contribution < 1.29 is 4.39 Å². The Hall–Kier alpha value is -2.55. The van der Waals surface area contributed by atoms with E-state index in [4.69, 9.17) is 5.26 Å². The molecular formula is C14H14FN5. The molecule has 0 N–H and O–H groups in total.